The molecule has 2 aromatic rings. The van der Waals surface area contributed by atoms with E-state index < -0.39 is 0 Å². The molecule has 122 valence electrons. The van der Waals surface area contributed by atoms with Gasteiger partial charge in [-0.05, 0) is 49.6 Å². The molecule has 0 saturated carbocycles. The van der Waals surface area contributed by atoms with Gasteiger partial charge in [0.25, 0.3) is 0 Å². The summed E-state index contributed by atoms with van der Waals surface area (Å²) in [4.78, 5) is 10.9. The summed E-state index contributed by atoms with van der Waals surface area (Å²) in [6, 6.07) is 8.71. The topological polar surface area (TPSA) is 47.5 Å². The van der Waals surface area contributed by atoms with E-state index in [4.69, 9.17) is 9.47 Å². The van der Waals surface area contributed by atoms with Gasteiger partial charge in [0.05, 0.1) is 7.11 Å². The summed E-state index contributed by atoms with van der Waals surface area (Å²) in [5.41, 5.74) is 2.30. The van der Waals surface area contributed by atoms with Crippen molar-refractivity contribution >= 4 is 0 Å². The van der Waals surface area contributed by atoms with E-state index in [-0.39, 0.29) is 6.10 Å². The van der Waals surface area contributed by atoms with E-state index in [0.29, 0.717) is 6.01 Å². The molecule has 1 fully saturated rings. The maximum absolute atomic E-state index is 5.93. The fourth-order valence-electron chi connectivity index (χ4n) is 2.87. The number of rotatable bonds is 5. The van der Waals surface area contributed by atoms with Crippen LogP contribution in [0.25, 0.3) is 0 Å². The lowest BCUT2D eigenvalue weighted by Gasteiger charge is -2.32. The van der Waals surface area contributed by atoms with Gasteiger partial charge in [0.2, 0.25) is 0 Å². The van der Waals surface area contributed by atoms with Gasteiger partial charge in [-0.2, -0.15) is 0 Å². The average molecular weight is 313 g/mol. The summed E-state index contributed by atoms with van der Waals surface area (Å²) in [5.74, 6) is 0.903. The molecule has 1 unspecified atom stereocenters. The van der Waals surface area contributed by atoms with Crippen molar-refractivity contribution in [1.82, 2.24) is 14.9 Å². The molecule has 0 N–H and O–H groups in total. The van der Waals surface area contributed by atoms with Gasteiger partial charge in [-0.25, -0.2) is 9.97 Å². The first-order valence-corrected chi connectivity index (χ1v) is 8.03. The van der Waals surface area contributed by atoms with Crippen LogP contribution < -0.4 is 9.47 Å². The number of ether oxygens (including phenoxy) is 2. The fraction of sp³-hybridized carbons (Fsp3) is 0.444. The van der Waals surface area contributed by atoms with Crippen LogP contribution in [0.2, 0.25) is 0 Å². The van der Waals surface area contributed by atoms with Crippen molar-refractivity contribution in [2.75, 3.05) is 20.2 Å². The lowest BCUT2D eigenvalue weighted by molar-refractivity contribution is 0.0770. The Hall–Kier alpha value is -2.14. The number of piperidine rings is 1. The summed E-state index contributed by atoms with van der Waals surface area (Å²) in [6.07, 6.45) is 5.90. The zero-order valence-electron chi connectivity index (χ0n) is 13.7. The number of aryl methyl sites for hydroxylation is 1. The van der Waals surface area contributed by atoms with E-state index in [1.54, 1.807) is 19.5 Å². The average Bonchev–Trinajstić information content (AvgIpc) is 2.57. The van der Waals surface area contributed by atoms with E-state index in [0.717, 1.165) is 43.8 Å². The second-order valence-corrected chi connectivity index (χ2v) is 6.01. The van der Waals surface area contributed by atoms with Crippen LogP contribution in [0.15, 0.2) is 36.7 Å². The van der Waals surface area contributed by atoms with Gasteiger partial charge in [-0.1, -0.05) is 12.1 Å². The number of aromatic nitrogens is 2. The maximum Gasteiger partial charge on any atom is 0.316 e. The van der Waals surface area contributed by atoms with Crippen molar-refractivity contribution in [3.05, 3.63) is 47.8 Å². The zero-order valence-corrected chi connectivity index (χ0v) is 13.7. The van der Waals surface area contributed by atoms with Crippen molar-refractivity contribution in [2.45, 2.75) is 32.4 Å². The van der Waals surface area contributed by atoms with Crippen LogP contribution in [0.5, 0.6) is 11.8 Å². The van der Waals surface area contributed by atoms with Crippen molar-refractivity contribution in [3.8, 4) is 11.8 Å². The van der Waals surface area contributed by atoms with Crippen LogP contribution in [0.1, 0.15) is 24.0 Å². The molecule has 5 heteroatoms. The minimum absolute atomic E-state index is 0.150. The third kappa shape index (κ3) is 4.42. The molecule has 1 aromatic carbocycles. The fourth-order valence-corrected chi connectivity index (χ4v) is 2.87. The molecule has 23 heavy (non-hydrogen) atoms. The van der Waals surface area contributed by atoms with E-state index in [9.17, 15) is 0 Å². The number of hydrogen-bond donors (Lipinski definition) is 0. The maximum atomic E-state index is 5.93. The van der Waals surface area contributed by atoms with Crippen LogP contribution in [-0.2, 0) is 6.54 Å². The highest BCUT2D eigenvalue weighted by molar-refractivity contribution is 5.28. The summed E-state index contributed by atoms with van der Waals surface area (Å²) in [7, 11) is 1.70. The number of hydrogen-bond acceptors (Lipinski definition) is 5. The first-order chi connectivity index (χ1) is 11.2. The number of likely N-dealkylation sites (tertiary alicyclic amines) is 1. The van der Waals surface area contributed by atoms with Gasteiger partial charge in [0, 0.05) is 25.5 Å². The van der Waals surface area contributed by atoms with Gasteiger partial charge in [-0.15, -0.1) is 0 Å². The molecule has 1 aliphatic heterocycles. The molecule has 1 aromatic heterocycles. The highest BCUT2D eigenvalue weighted by Gasteiger charge is 2.22. The van der Waals surface area contributed by atoms with Crippen LogP contribution in [0, 0.1) is 6.92 Å². The Morgan fingerprint density at radius 1 is 1.26 bits per heavy atom. The molecule has 1 saturated heterocycles. The Labute approximate surface area is 137 Å². The molecular formula is C18H23N3O2. The van der Waals surface area contributed by atoms with Crippen LogP contribution in [0.3, 0.4) is 0 Å². The lowest BCUT2D eigenvalue weighted by Crippen LogP contribution is -2.40. The number of methoxy groups -OCH3 is 1. The van der Waals surface area contributed by atoms with Crippen LogP contribution in [-0.4, -0.2) is 41.2 Å². The Balaban J connectivity index is 1.58. The SMILES string of the molecule is COc1cccc(CN2CCCC(Oc3ncc(C)cn3)C2)c1. The summed E-state index contributed by atoms with van der Waals surface area (Å²) < 4.78 is 11.2. The van der Waals surface area contributed by atoms with Crippen LogP contribution >= 0.6 is 0 Å². The standard InChI is InChI=1S/C18H23N3O2/c1-14-10-19-18(20-11-14)23-17-7-4-8-21(13-17)12-15-5-3-6-16(9-15)22-2/h3,5-6,9-11,17H,4,7-8,12-13H2,1-2H3. The highest BCUT2D eigenvalue weighted by atomic mass is 16.5. The summed E-state index contributed by atoms with van der Waals surface area (Å²) in [5, 5.41) is 0. The van der Waals surface area contributed by atoms with Crippen molar-refractivity contribution in [1.29, 1.82) is 0 Å². The Morgan fingerprint density at radius 3 is 2.87 bits per heavy atom. The Morgan fingerprint density at radius 2 is 2.09 bits per heavy atom. The highest BCUT2D eigenvalue weighted by Crippen LogP contribution is 2.19. The molecule has 0 aliphatic carbocycles. The Bertz CT molecular complexity index is 630. The third-order valence-corrected chi connectivity index (χ3v) is 4.03. The van der Waals surface area contributed by atoms with Crippen molar-refractivity contribution < 1.29 is 9.47 Å². The first-order valence-electron chi connectivity index (χ1n) is 8.03. The molecular weight excluding hydrogens is 290 g/mol. The van der Waals surface area contributed by atoms with Gasteiger partial charge >= 0.3 is 6.01 Å². The molecule has 0 amide bonds. The van der Waals surface area contributed by atoms with E-state index >= 15 is 0 Å². The predicted octanol–water partition coefficient (Wildman–Crippen LogP) is 2.84. The molecule has 0 spiro atoms. The van der Waals surface area contributed by atoms with E-state index in [1.165, 1.54) is 5.56 Å². The molecule has 5 nitrogen and oxygen atoms in total. The van der Waals surface area contributed by atoms with Gasteiger partial charge < -0.3 is 9.47 Å². The molecule has 3 rings (SSSR count). The second kappa shape index (κ2) is 7.42. The molecule has 0 bridgehead atoms. The van der Waals surface area contributed by atoms with E-state index in [2.05, 4.69) is 27.0 Å². The number of benzene rings is 1. The van der Waals surface area contributed by atoms with Crippen molar-refractivity contribution in [3.63, 3.8) is 0 Å². The molecule has 1 atom stereocenters. The van der Waals surface area contributed by atoms with Crippen LogP contribution in [0.4, 0.5) is 0 Å². The van der Waals surface area contributed by atoms with Gasteiger partial charge in [0.1, 0.15) is 11.9 Å². The second-order valence-electron chi connectivity index (χ2n) is 6.01. The smallest absolute Gasteiger partial charge is 0.316 e. The van der Waals surface area contributed by atoms with E-state index in [1.807, 2.05) is 19.1 Å². The quantitative estimate of drug-likeness (QED) is 0.849. The predicted molar refractivity (Wildman–Crippen MR) is 88.7 cm³/mol. The van der Waals surface area contributed by atoms with Gasteiger partial charge in [-0.3, -0.25) is 4.90 Å². The first kappa shape index (κ1) is 15.7. The molecule has 1 aliphatic rings. The normalized spacial score (nSPS) is 18.6. The Kier molecular flexibility index (Phi) is 5.08. The summed E-state index contributed by atoms with van der Waals surface area (Å²) >= 11 is 0. The third-order valence-electron chi connectivity index (χ3n) is 4.03. The molecule has 2 heterocycles. The van der Waals surface area contributed by atoms with Gasteiger partial charge in [0.15, 0.2) is 0 Å². The monoisotopic (exact) mass is 313 g/mol. The zero-order chi connectivity index (χ0) is 16.1. The minimum atomic E-state index is 0.150. The lowest BCUT2D eigenvalue weighted by atomic mass is 10.1. The van der Waals surface area contributed by atoms with Crippen molar-refractivity contribution in [2.24, 2.45) is 0 Å². The largest absolute Gasteiger partial charge is 0.497 e. The number of nitrogens with zero attached hydrogens (tertiary/aromatic N) is 3. The summed E-state index contributed by atoms with van der Waals surface area (Å²) in [6.45, 7) is 4.87. The minimum Gasteiger partial charge on any atom is -0.497 e. The molecule has 0 radical (unpaired) electrons.